The Labute approximate surface area is 207 Å². The molecule has 178 valence electrons. The molecule has 3 aromatic rings. The summed E-state index contributed by atoms with van der Waals surface area (Å²) in [4.78, 5) is 30.9. The molecule has 5 rings (SSSR count). The molecule has 5 nitrogen and oxygen atoms in total. The molecular weight excluding hydrogens is 434 g/mol. The lowest BCUT2D eigenvalue weighted by molar-refractivity contribution is -0.136. The number of aryl methyl sites for hydroxylation is 2. The number of benzene rings is 3. The van der Waals surface area contributed by atoms with Gasteiger partial charge in [-0.3, -0.25) is 14.5 Å². The van der Waals surface area contributed by atoms with Crippen LogP contribution < -0.4 is 10.2 Å². The van der Waals surface area contributed by atoms with Crippen molar-refractivity contribution in [1.29, 1.82) is 0 Å². The highest BCUT2D eigenvalue weighted by molar-refractivity contribution is 6.36. The Bertz CT molecular complexity index is 1270. The summed E-state index contributed by atoms with van der Waals surface area (Å²) < 4.78 is 0. The molecule has 2 amide bonds. The van der Waals surface area contributed by atoms with E-state index in [9.17, 15) is 9.59 Å². The smallest absolute Gasteiger partial charge is 0.278 e. The van der Waals surface area contributed by atoms with E-state index in [1.807, 2.05) is 68.4 Å². The lowest BCUT2D eigenvalue weighted by Gasteiger charge is -2.18. The minimum Gasteiger partial charge on any atom is -0.372 e. The van der Waals surface area contributed by atoms with Gasteiger partial charge in [0, 0.05) is 31.0 Å². The van der Waals surface area contributed by atoms with Crippen LogP contribution in [0.1, 0.15) is 35.1 Å². The third-order valence-electron chi connectivity index (χ3n) is 6.89. The van der Waals surface area contributed by atoms with Gasteiger partial charge < -0.3 is 10.2 Å². The number of carbonyl (C=O) groups is 2. The van der Waals surface area contributed by atoms with Crippen molar-refractivity contribution in [2.45, 2.75) is 33.1 Å². The maximum absolute atomic E-state index is 13.6. The first-order valence-electron chi connectivity index (χ1n) is 12.4. The fourth-order valence-electron chi connectivity index (χ4n) is 5.00. The molecule has 1 saturated heterocycles. The van der Waals surface area contributed by atoms with Gasteiger partial charge in [0.1, 0.15) is 5.70 Å². The molecule has 5 heteroatoms. The van der Waals surface area contributed by atoms with E-state index in [2.05, 4.69) is 28.4 Å². The van der Waals surface area contributed by atoms with Crippen LogP contribution in [-0.4, -0.2) is 36.3 Å². The van der Waals surface area contributed by atoms with Crippen LogP contribution in [0.2, 0.25) is 0 Å². The van der Waals surface area contributed by atoms with Crippen LogP contribution in [0.15, 0.2) is 78.5 Å². The average molecular weight is 466 g/mol. The molecule has 2 aliphatic heterocycles. The number of nitrogens with zero attached hydrogens (tertiary/aromatic N) is 2. The summed E-state index contributed by atoms with van der Waals surface area (Å²) in [7, 11) is 0. The molecule has 2 heterocycles. The minimum absolute atomic E-state index is 0.242. The number of carbonyl (C=O) groups excluding carboxylic acids is 2. The monoisotopic (exact) mass is 465 g/mol. The van der Waals surface area contributed by atoms with E-state index in [4.69, 9.17) is 0 Å². The Morgan fingerprint density at radius 1 is 0.829 bits per heavy atom. The zero-order chi connectivity index (χ0) is 24.4. The van der Waals surface area contributed by atoms with E-state index >= 15 is 0 Å². The minimum atomic E-state index is -0.274. The van der Waals surface area contributed by atoms with E-state index < -0.39 is 0 Å². The van der Waals surface area contributed by atoms with Crippen LogP contribution >= 0.6 is 0 Å². The quantitative estimate of drug-likeness (QED) is 0.479. The summed E-state index contributed by atoms with van der Waals surface area (Å²) in [6.45, 7) is 6.52. The van der Waals surface area contributed by atoms with Crippen molar-refractivity contribution in [3.63, 3.8) is 0 Å². The fourth-order valence-corrected chi connectivity index (χ4v) is 5.00. The SMILES string of the molecule is Cc1ccc(C2=C(Nc3ccc(N4CCCC4)cc3)C(=O)N(CCc3ccccc3)C2=O)c(C)c1. The van der Waals surface area contributed by atoms with Gasteiger partial charge in [0.2, 0.25) is 0 Å². The summed E-state index contributed by atoms with van der Waals surface area (Å²) in [5.74, 6) is -0.515. The van der Waals surface area contributed by atoms with Crippen molar-refractivity contribution < 1.29 is 9.59 Å². The van der Waals surface area contributed by atoms with E-state index in [-0.39, 0.29) is 11.8 Å². The molecule has 3 aromatic carbocycles. The zero-order valence-electron chi connectivity index (χ0n) is 20.4. The van der Waals surface area contributed by atoms with Gasteiger partial charge in [-0.15, -0.1) is 0 Å². The van der Waals surface area contributed by atoms with Gasteiger partial charge in [-0.1, -0.05) is 54.1 Å². The van der Waals surface area contributed by atoms with Crippen molar-refractivity contribution >= 4 is 28.8 Å². The Morgan fingerprint density at radius 2 is 1.54 bits per heavy atom. The highest BCUT2D eigenvalue weighted by Gasteiger charge is 2.39. The van der Waals surface area contributed by atoms with Crippen LogP contribution in [0, 0.1) is 13.8 Å². The summed E-state index contributed by atoms with van der Waals surface area (Å²) >= 11 is 0. The summed E-state index contributed by atoms with van der Waals surface area (Å²) in [5.41, 5.74) is 6.79. The molecule has 1 fully saturated rings. The number of anilines is 2. The lowest BCUT2D eigenvalue weighted by atomic mass is 9.97. The number of nitrogens with one attached hydrogen (secondary N) is 1. The first-order chi connectivity index (χ1) is 17.0. The van der Waals surface area contributed by atoms with E-state index in [1.54, 1.807) is 0 Å². The first-order valence-corrected chi connectivity index (χ1v) is 12.4. The molecule has 0 saturated carbocycles. The van der Waals surface area contributed by atoms with Gasteiger partial charge in [0.05, 0.1) is 5.57 Å². The highest BCUT2D eigenvalue weighted by atomic mass is 16.2. The van der Waals surface area contributed by atoms with E-state index in [0.29, 0.717) is 24.2 Å². The van der Waals surface area contributed by atoms with Gasteiger partial charge in [0.15, 0.2) is 0 Å². The van der Waals surface area contributed by atoms with Gasteiger partial charge in [0.25, 0.3) is 11.8 Å². The highest BCUT2D eigenvalue weighted by Crippen LogP contribution is 2.33. The van der Waals surface area contributed by atoms with Crippen molar-refractivity contribution in [2.24, 2.45) is 0 Å². The molecule has 0 unspecified atom stereocenters. The molecule has 0 bridgehead atoms. The molecule has 0 atom stereocenters. The second kappa shape index (κ2) is 9.79. The largest absolute Gasteiger partial charge is 0.372 e. The van der Waals surface area contributed by atoms with Gasteiger partial charge in [-0.05, 0) is 74.1 Å². The van der Waals surface area contributed by atoms with Crippen LogP contribution in [0.25, 0.3) is 5.57 Å². The molecule has 1 N–H and O–H groups in total. The third-order valence-corrected chi connectivity index (χ3v) is 6.89. The van der Waals surface area contributed by atoms with Crippen LogP contribution in [0.4, 0.5) is 11.4 Å². The van der Waals surface area contributed by atoms with E-state index in [1.165, 1.54) is 23.4 Å². The molecule has 0 aromatic heterocycles. The Balaban J connectivity index is 1.45. The maximum atomic E-state index is 13.6. The molecule has 0 spiro atoms. The summed E-state index contributed by atoms with van der Waals surface area (Å²) in [6.07, 6.45) is 3.07. The van der Waals surface area contributed by atoms with Gasteiger partial charge >= 0.3 is 0 Å². The second-order valence-electron chi connectivity index (χ2n) is 9.43. The zero-order valence-corrected chi connectivity index (χ0v) is 20.4. The molecule has 0 aliphatic carbocycles. The van der Waals surface area contributed by atoms with Crippen molar-refractivity contribution in [3.8, 4) is 0 Å². The Kier molecular flexibility index (Phi) is 6.41. The number of hydrogen-bond acceptors (Lipinski definition) is 4. The lowest BCUT2D eigenvalue weighted by Crippen LogP contribution is -2.34. The Hall–Kier alpha value is -3.86. The van der Waals surface area contributed by atoms with E-state index in [0.717, 1.165) is 41.0 Å². The van der Waals surface area contributed by atoms with Crippen molar-refractivity contribution in [2.75, 3.05) is 29.9 Å². The number of hydrogen-bond donors (Lipinski definition) is 1. The third kappa shape index (κ3) is 4.72. The fraction of sp³-hybridized carbons (Fsp3) is 0.267. The van der Waals surface area contributed by atoms with Crippen LogP contribution in [-0.2, 0) is 16.0 Å². The van der Waals surface area contributed by atoms with Gasteiger partial charge in [-0.2, -0.15) is 0 Å². The predicted molar refractivity (Wildman–Crippen MR) is 141 cm³/mol. The number of imide groups is 1. The average Bonchev–Trinajstić information content (AvgIpc) is 3.47. The maximum Gasteiger partial charge on any atom is 0.278 e. The van der Waals surface area contributed by atoms with Crippen LogP contribution in [0.5, 0.6) is 0 Å². The topological polar surface area (TPSA) is 52.7 Å². The number of rotatable bonds is 7. The Morgan fingerprint density at radius 3 is 2.23 bits per heavy atom. The van der Waals surface area contributed by atoms with Crippen LogP contribution in [0.3, 0.4) is 0 Å². The van der Waals surface area contributed by atoms with Crippen molar-refractivity contribution in [1.82, 2.24) is 4.90 Å². The summed E-state index contributed by atoms with van der Waals surface area (Å²) in [5, 5.41) is 3.31. The molecular formula is C30H31N3O2. The number of amides is 2. The molecule has 0 radical (unpaired) electrons. The normalized spacial score (nSPS) is 15.9. The van der Waals surface area contributed by atoms with Gasteiger partial charge in [-0.25, -0.2) is 0 Å². The summed E-state index contributed by atoms with van der Waals surface area (Å²) in [6, 6.07) is 24.1. The first kappa shape index (κ1) is 22.9. The second-order valence-corrected chi connectivity index (χ2v) is 9.43. The van der Waals surface area contributed by atoms with Crippen molar-refractivity contribution in [3.05, 3.63) is 101 Å². The predicted octanol–water partition coefficient (Wildman–Crippen LogP) is 5.34. The molecule has 2 aliphatic rings. The standard InChI is InChI=1S/C30H31N3O2/c1-21-10-15-26(22(2)20-21)27-28(31-24-11-13-25(14-12-24)32-17-6-7-18-32)30(35)33(29(27)34)19-16-23-8-4-3-5-9-23/h3-5,8-15,20,31H,6-7,16-19H2,1-2H3. The molecule has 35 heavy (non-hydrogen) atoms.